The number of alkyl halides is 1. The zero-order valence-corrected chi connectivity index (χ0v) is 11.9. The maximum absolute atomic E-state index is 11.8. The molecule has 0 saturated carbocycles. The fourth-order valence-corrected chi connectivity index (χ4v) is 2.44. The van der Waals surface area contributed by atoms with Crippen LogP contribution >= 0.6 is 15.9 Å². The molecule has 1 atom stereocenters. The zero-order valence-electron chi connectivity index (χ0n) is 9.49. The molecular weight excluding hydrogens is 294 g/mol. The Morgan fingerprint density at radius 2 is 2.19 bits per heavy atom. The molecule has 0 aliphatic rings. The predicted molar refractivity (Wildman–Crippen MR) is 66.1 cm³/mol. The van der Waals surface area contributed by atoms with E-state index in [1.807, 2.05) is 13.8 Å². The van der Waals surface area contributed by atoms with Gasteiger partial charge in [0.25, 0.3) is 10.0 Å². The molecule has 0 amide bonds. The van der Waals surface area contributed by atoms with Gasteiger partial charge in [0.05, 0.1) is 6.20 Å². The number of aromatic nitrogens is 2. The van der Waals surface area contributed by atoms with Crippen LogP contribution in [0.1, 0.15) is 19.7 Å². The molecule has 0 aliphatic carbocycles. The van der Waals surface area contributed by atoms with Gasteiger partial charge in [0.15, 0.2) is 5.03 Å². The third-order valence-corrected chi connectivity index (χ3v) is 4.88. The van der Waals surface area contributed by atoms with Crippen molar-refractivity contribution in [3.63, 3.8) is 0 Å². The Morgan fingerprint density at radius 1 is 1.56 bits per heavy atom. The average Bonchev–Trinajstić information content (AvgIpc) is 2.61. The molecule has 1 aromatic rings. The Bertz CT molecular complexity index is 441. The summed E-state index contributed by atoms with van der Waals surface area (Å²) >= 11 is 3.42. The van der Waals surface area contributed by atoms with Crippen molar-refractivity contribution >= 4 is 26.0 Å². The average molecular weight is 310 g/mol. The number of hydrogen-bond donors (Lipinski definition) is 2. The number of aromatic amines is 1. The second kappa shape index (κ2) is 5.29. The van der Waals surface area contributed by atoms with Crippen molar-refractivity contribution in [2.45, 2.75) is 30.6 Å². The lowest BCUT2D eigenvalue weighted by Crippen LogP contribution is -2.32. The molecule has 1 rings (SSSR count). The number of imidazole rings is 1. The molecule has 0 aliphatic heterocycles. The zero-order chi connectivity index (χ0) is 12.3. The molecule has 0 spiro atoms. The molecule has 1 heterocycles. The van der Waals surface area contributed by atoms with E-state index in [9.17, 15) is 8.42 Å². The second-order valence-electron chi connectivity index (χ2n) is 3.94. The van der Waals surface area contributed by atoms with Gasteiger partial charge in [-0.2, -0.15) is 0 Å². The molecule has 0 aromatic carbocycles. The highest BCUT2D eigenvalue weighted by Crippen LogP contribution is 2.12. The Labute approximate surface area is 104 Å². The van der Waals surface area contributed by atoms with Crippen molar-refractivity contribution in [2.24, 2.45) is 5.92 Å². The van der Waals surface area contributed by atoms with Gasteiger partial charge in [0.2, 0.25) is 0 Å². The number of rotatable bonds is 5. The highest BCUT2D eigenvalue weighted by atomic mass is 79.9. The number of hydrogen-bond acceptors (Lipinski definition) is 3. The number of H-pyrrole nitrogens is 1. The molecule has 2 N–H and O–H groups in total. The molecule has 0 radical (unpaired) electrons. The first-order chi connectivity index (χ1) is 7.33. The van der Waals surface area contributed by atoms with Crippen LogP contribution < -0.4 is 4.72 Å². The van der Waals surface area contributed by atoms with Gasteiger partial charge in [-0.05, 0) is 12.8 Å². The second-order valence-corrected chi connectivity index (χ2v) is 6.86. The van der Waals surface area contributed by atoms with Gasteiger partial charge in [-0.3, -0.25) is 0 Å². The maximum Gasteiger partial charge on any atom is 0.257 e. The highest BCUT2D eigenvalue weighted by Gasteiger charge is 2.18. The Hall–Kier alpha value is -0.400. The smallest absolute Gasteiger partial charge is 0.257 e. The van der Waals surface area contributed by atoms with Crippen LogP contribution in [0.4, 0.5) is 0 Å². The summed E-state index contributed by atoms with van der Waals surface area (Å²) in [6, 6.07) is 0. The third kappa shape index (κ3) is 3.57. The minimum absolute atomic E-state index is 0.105. The van der Waals surface area contributed by atoms with Gasteiger partial charge < -0.3 is 4.98 Å². The predicted octanol–water partition coefficient (Wildman–Crippen LogP) is 1.42. The Morgan fingerprint density at radius 3 is 2.62 bits per heavy atom. The van der Waals surface area contributed by atoms with Crippen LogP contribution in [-0.4, -0.2) is 29.8 Å². The van der Waals surface area contributed by atoms with Crippen molar-refractivity contribution < 1.29 is 8.42 Å². The summed E-state index contributed by atoms with van der Waals surface area (Å²) in [5.41, 5.74) is 0. The molecule has 0 bridgehead atoms. The third-order valence-electron chi connectivity index (χ3n) is 2.16. The molecular formula is C9H16BrN3O2S. The van der Waals surface area contributed by atoms with Crippen LogP contribution in [0.3, 0.4) is 0 Å². The van der Waals surface area contributed by atoms with Gasteiger partial charge >= 0.3 is 0 Å². The van der Waals surface area contributed by atoms with E-state index in [4.69, 9.17) is 0 Å². The van der Waals surface area contributed by atoms with Gasteiger partial charge in [-0.25, -0.2) is 18.1 Å². The first kappa shape index (κ1) is 13.7. The molecule has 0 saturated heterocycles. The van der Waals surface area contributed by atoms with Crippen LogP contribution in [0.25, 0.3) is 0 Å². The lowest BCUT2D eigenvalue weighted by atomic mass is 10.1. The van der Waals surface area contributed by atoms with Crippen LogP contribution in [0.15, 0.2) is 11.2 Å². The monoisotopic (exact) mass is 309 g/mol. The van der Waals surface area contributed by atoms with E-state index in [-0.39, 0.29) is 9.85 Å². The fraction of sp³-hybridized carbons (Fsp3) is 0.667. The van der Waals surface area contributed by atoms with Gasteiger partial charge in [0, 0.05) is 11.4 Å². The summed E-state index contributed by atoms with van der Waals surface area (Å²) in [6.07, 6.45) is 1.32. The first-order valence-electron chi connectivity index (χ1n) is 4.98. The maximum atomic E-state index is 11.8. The van der Waals surface area contributed by atoms with Crippen molar-refractivity contribution in [1.82, 2.24) is 14.7 Å². The lowest BCUT2D eigenvalue weighted by molar-refractivity contribution is 0.560. The standard InChI is InChI=1S/C9H16BrN3O2S/c1-6(2)8(10)4-12-16(14,15)9-5-11-7(3)13-9/h5-6,8,12H,4H2,1-3H3,(H,11,13). The Balaban J connectivity index is 2.67. The van der Waals surface area contributed by atoms with Crippen LogP contribution in [-0.2, 0) is 10.0 Å². The van der Waals surface area contributed by atoms with Crippen LogP contribution in [0, 0.1) is 12.8 Å². The van der Waals surface area contributed by atoms with Gasteiger partial charge in [-0.1, -0.05) is 29.8 Å². The summed E-state index contributed by atoms with van der Waals surface area (Å²) in [7, 11) is -3.47. The summed E-state index contributed by atoms with van der Waals surface area (Å²) in [6.45, 7) is 6.11. The lowest BCUT2D eigenvalue weighted by Gasteiger charge is -2.13. The van der Waals surface area contributed by atoms with E-state index in [0.717, 1.165) is 0 Å². The number of nitrogens with one attached hydrogen (secondary N) is 2. The van der Waals surface area contributed by atoms with Crippen molar-refractivity contribution in [3.05, 3.63) is 12.0 Å². The summed E-state index contributed by atoms with van der Waals surface area (Å²) in [5, 5.41) is 0.105. The van der Waals surface area contributed by atoms with Gasteiger partial charge in [-0.15, -0.1) is 0 Å². The van der Waals surface area contributed by atoms with Gasteiger partial charge in [0.1, 0.15) is 5.82 Å². The van der Waals surface area contributed by atoms with E-state index < -0.39 is 10.0 Å². The highest BCUT2D eigenvalue weighted by molar-refractivity contribution is 9.09. The van der Waals surface area contributed by atoms with Crippen molar-refractivity contribution in [3.8, 4) is 0 Å². The molecule has 0 fully saturated rings. The van der Waals surface area contributed by atoms with E-state index >= 15 is 0 Å². The molecule has 5 nitrogen and oxygen atoms in total. The normalized spacial score (nSPS) is 14.3. The summed E-state index contributed by atoms with van der Waals surface area (Å²) in [4.78, 5) is 6.67. The number of sulfonamides is 1. The quantitative estimate of drug-likeness (QED) is 0.808. The molecule has 92 valence electrons. The number of aryl methyl sites for hydroxylation is 1. The van der Waals surface area contributed by atoms with Crippen LogP contribution in [0.2, 0.25) is 0 Å². The van der Waals surface area contributed by atoms with E-state index in [0.29, 0.717) is 18.3 Å². The number of nitrogens with zero attached hydrogens (tertiary/aromatic N) is 1. The fourth-order valence-electron chi connectivity index (χ4n) is 1.04. The summed E-state index contributed by atoms with van der Waals surface area (Å²) in [5.74, 6) is 0.950. The SMILES string of the molecule is Cc1ncc(S(=O)(=O)NCC(Br)C(C)C)[nH]1. The summed E-state index contributed by atoms with van der Waals surface area (Å²) < 4.78 is 26.1. The molecule has 16 heavy (non-hydrogen) atoms. The van der Waals surface area contributed by atoms with Crippen molar-refractivity contribution in [2.75, 3.05) is 6.54 Å². The number of halogens is 1. The topological polar surface area (TPSA) is 74.8 Å². The largest absolute Gasteiger partial charge is 0.332 e. The minimum atomic E-state index is -3.47. The van der Waals surface area contributed by atoms with Crippen LogP contribution in [0.5, 0.6) is 0 Å². The van der Waals surface area contributed by atoms with E-state index in [1.165, 1.54) is 6.20 Å². The van der Waals surface area contributed by atoms with Crippen molar-refractivity contribution in [1.29, 1.82) is 0 Å². The van der Waals surface area contributed by atoms with E-state index in [2.05, 4.69) is 30.6 Å². The van der Waals surface area contributed by atoms with E-state index in [1.54, 1.807) is 6.92 Å². The molecule has 1 aromatic heterocycles. The Kier molecular flexibility index (Phi) is 4.52. The minimum Gasteiger partial charge on any atom is -0.332 e. The first-order valence-corrected chi connectivity index (χ1v) is 7.38. The molecule has 1 unspecified atom stereocenters. The molecule has 7 heteroatoms.